The van der Waals surface area contributed by atoms with Crippen molar-refractivity contribution in [2.75, 3.05) is 5.75 Å². The van der Waals surface area contributed by atoms with E-state index in [9.17, 15) is 21.8 Å². The molecule has 1 aliphatic carbocycles. The van der Waals surface area contributed by atoms with Gasteiger partial charge in [-0.25, -0.2) is 31.5 Å². The molecule has 4 N–H and O–H groups in total. The predicted molar refractivity (Wildman–Crippen MR) is 129 cm³/mol. The summed E-state index contributed by atoms with van der Waals surface area (Å²) >= 11 is 0. The molecule has 0 fully saturated rings. The van der Waals surface area contributed by atoms with Crippen LogP contribution in [0.25, 0.3) is 22.2 Å². The quantitative estimate of drug-likeness (QED) is 0.390. The highest BCUT2D eigenvalue weighted by atomic mass is 32.2. The van der Waals surface area contributed by atoms with E-state index in [1.807, 2.05) is 0 Å². The average molecular weight is 521 g/mol. The van der Waals surface area contributed by atoms with Gasteiger partial charge in [-0.15, -0.1) is 0 Å². The van der Waals surface area contributed by atoms with Crippen LogP contribution >= 0.6 is 0 Å². The molecular formula is C23H22F2N4O4S2. The van der Waals surface area contributed by atoms with E-state index in [4.69, 9.17) is 5.14 Å². The van der Waals surface area contributed by atoms with E-state index >= 15 is 4.39 Å². The third kappa shape index (κ3) is 5.09. The zero-order valence-electron chi connectivity index (χ0n) is 18.5. The maximum absolute atomic E-state index is 15.2. The van der Waals surface area contributed by atoms with Gasteiger partial charge in [0.1, 0.15) is 22.5 Å². The Kier molecular flexibility index (Phi) is 6.97. The number of sulfonamides is 1. The highest BCUT2D eigenvalue weighted by Crippen LogP contribution is 2.33. The third-order valence-electron chi connectivity index (χ3n) is 5.51. The van der Waals surface area contributed by atoms with Crippen molar-refractivity contribution in [1.29, 1.82) is 0 Å². The van der Waals surface area contributed by atoms with Crippen molar-refractivity contribution in [3.05, 3.63) is 71.5 Å². The molecule has 2 aromatic heterocycles. The van der Waals surface area contributed by atoms with Crippen molar-refractivity contribution in [3.63, 3.8) is 0 Å². The van der Waals surface area contributed by atoms with Crippen molar-refractivity contribution in [2.24, 2.45) is 5.14 Å². The van der Waals surface area contributed by atoms with Crippen LogP contribution in [0.4, 0.5) is 8.78 Å². The third-order valence-corrected chi connectivity index (χ3v) is 7.74. The molecule has 2 unspecified atom stereocenters. The highest BCUT2D eigenvalue weighted by molar-refractivity contribution is 7.89. The SMILES string of the molecule is CCCS(=O)(=O)NC1=CCC(F)=C(C(=O)c2c[nH]c3ncc(-c4ccc(S(N)=O)cc4)cc23)C1F. The number of benzene rings is 1. The lowest BCUT2D eigenvalue weighted by molar-refractivity contribution is 0.101. The summed E-state index contributed by atoms with van der Waals surface area (Å²) in [5.74, 6) is -2.11. The number of nitrogens with two attached hydrogens (primary N) is 1. The maximum atomic E-state index is 15.2. The molecule has 184 valence electrons. The lowest BCUT2D eigenvalue weighted by atomic mass is 9.92. The van der Waals surface area contributed by atoms with Crippen LogP contribution in [0.1, 0.15) is 30.1 Å². The van der Waals surface area contributed by atoms with Gasteiger partial charge in [-0.2, -0.15) is 0 Å². The molecule has 0 saturated heterocycles. The number of nitrogens with one attached hydrogen (secondary N) is 2. The normalized spacial score (nSPS) is 17.4. The van der Waals surface area contributed by atoms with Crippen LogP contribution in [0.3, 0.4) is 0 Å². The number of allylic oxidation sites excluding steroid dienone is 3. The summed E-state index contributed by atoms with van der Waals surface area (Å²) in [7, 11) is -5.45. The van der Waals surface area contributed by atoms with Gasteiger partial charge in [-0.05, 0) is 30.2 Å². The summed E-state index contributed by atoms with van der Waals surface area (Å²) < 4.78 is 67.6. The van der Waals surface area contributed by atoms with E-state index < -0.39 is 50.8 Å². The molecule has 8 nitrogen and oxygen atoms in total. The number of alkyl halides is 1. The first-order valence-corrected chi connectivity index (χ1v) is 13.5. The van der Waals surface area contributed by atoms with Gasteiger partial charge in [-0.1, -0.05) is 25.1 Å². The van der Waals surface area contributed by atoms with Gasteiger partial charge in [0.25, 0.3) is 0 Å². The molecule has 0 radical (unpaired) electrons. The summed E-state index contributed by atoms with van der Waals surface area (Å²) in [6.07, 6.45) is 1.60. The number of fused-ring (bicyclic) bond motifs is 1. The van der Waals surface area contributed by atoms with Gasteiger partial charge in [-0.3, -0.25) is 9.52 Å². The molecule has 2 atom stereocenters. The monoisotopic (exact) mass is 520 g/mol. The average Bonchev–Trinajstić information content (AvgIpc) is 3.24. The van der Waals surface area contributed by atoms with Crippen molar-refractivity contribution in [3.8, 4) is 11.1 Å². The molecule has 0 amide bonds. The maximum Gasteiger partial charge on any atom is 0.232 e. The first kappa shape index (κ1) is 24.9. The molecule has 0 aliphatic heterocycles. The van der Waals surface area contributed by atoms with Crippen LogP contribution in [-0.4, -0.2) is 40.3 Å². The minimum absolute atomic E-state index is 0.000465. The number of rotatable bonds is 8. The van der Waals surface area contributed by atoms with Crippen molar-refractivity contribution >= 4 is 37.8 Å². The smallest absolute Gasteiger partial charge is 0.232 e. The molecule has 1 aromatic carbocycles. The number of nitrogens with zero attached hydrogens (tertiary/aromatic N) is 1. The Balaban J connectivity index is 1.68. The summed E-state index contributed by atoms with van der Waals surface area (Å²) in [5, 5.41) is 5.72. The number of pyridine rings is 1. The van der Waals surface area contributed by atoms with Gasteiger partial charge in [0.15, 0.2) is 12.0 Å². The molecule has 1 aliphatic rings. The van der Waals surface area contributed by atoms with E-state index in [0.29, 0.717) is 33.5 Å². The fourth-order valence-corrected chi connectivity index (χ4v) is 5.40. The second-order valence-electron chi connectivity index (χ2n) is 7.94. The first-order chi connectivity index (χ1) is 16.6. The number of hydrogen-bond acceptors (Lipinski definition) is 5. The van der Waals surface area contributed by atoms with E-state index in [0.717, 1.165) is 6.08 Å². The minimum Gasteiger partial charge on any atom is -0.345 e. The molecular weight excluding hydrogens is 498 g/mol. The fourth-order valence-electron chi connectivity index (χ4n) is 3.81. The summed E-state index contributed by atoms with van der Waals surface area (Å²) in [5.41, 5.74) is 0.531. The fraction of sp³-hybridized carbons (Fsp3) is 0.217. The number of carbonyl (C=O) groups is 1. The number of ketones is 1. The summed E-state index contributed by atoms with van der Waals surface area (Å²) in [6, 6.07) is 8.23. The van der Waals surface area contributed by atoms with Gasteiger partial charge >= 0.3 is 0 Å². The second kappa shape index (κ2) is 9.80. The van der Waals surface area contributed by atoms with Crippen molar-refractivity contribution < 1.29 is 26.2 Å². The van der Waals surface area contributed by atoms with Crippen LogP contribution in [0.15, 0.2) is 70.8 Å². The lowest BCUT2D eigenvalue weighted by Crippen LogP contribution is -2.34. The summed E-state index contributed by atoms with van der Waals surface area (Å²) in [6.45, 7) is 1.66. The Morgan fingerprint density at radius 1 is 1.29 bits per heavy atom. The van der Waals surface area contributed by atoms with Crippen LogP contribution in [0, 0.1) is 0 Å². The number of aromatic amines is 1. The number of halogens is 2. The number of aromatic nitrogens is 2. The van der Waals surface area contributed by atoms with Crippen LogP contribution in [0.5, 0.6) is 0 Å². The van der Waals surface area contributed by atoms with Gasteiger partial charge in [0.05, 0.1) is 21.9 Å². The van der Waals surface area contributed by atoms with Gasteiger partial charge < -0.3 is 4.98 Å². The Hall–Kier alpha value is -3.22. The lowest BCUT2D eigenvalue weighted by Gasteiger charge is -2.21. The van der Waals surface area contributed by atoms with E-state index in [2.05, 4.69) is 14.7 Å². The molecule has 0 spiro atoms. The zero-order chi connectivity index (χ0) is 25.3. The van der Waals surface area contributed by atoms with E-state index in [-0.39, 0.29) is 17.0 Å². The van der Waals surface area contributed by atoms with Crippen LogP contribution < -0.4 is 9.86 Å². The summed E-state index contributed by atoms with van der Waals surface area (Å²) in [4.78, 5) is 20.8. The largest absolute Gasteiger partial charge is 0.345 e. The standard InChI is InChI=1S/C23H22F2N4O4S2/c1-2-9-35(32,33)29-19-8-7-18(24)20(21(19)25)22(30)17-12-28-23-16(17)10-14(11-27-23)13-3-5-15(6-4-13)34(26)31/h3-6,8,10-12,21,29H,2,7,9,26H2,1H3,(H,27,28). The number of Topliss-reactive ketones (excluding diaryl/α,β-unsaturated/α-hetero) is 1. The zero-order valence-corrected chi connectivity index (χ0v) is 20.2. The Bertz CT molecular complexity index is 1500. The molecule has 3 aromatic rings. The number of carbonyl (C=O) groups excluding carboxylic acids is 1. The Morgan fingerprint density at radius 2 is 2.00 bits per heavy atom. The highest BCUT2D eigenvalue weighted by Gasteiger charge is 2.34. The number of hydrogen-bond donors (Lipinski definition) is 3. The Labute approximate surface area is 203 Å². The Morgan fingerprint density at radius 3 is 2.66 bits per heavy atom. The van der Waals surface area contributed by atoms with E-state index in [1.54, 1.807) is 43.5 Å². The van der Waals surface area contributed by atoms with Crippen LogP contribution in [-0.2, 0) is 21.0 Å². The second-order valence-corrected chi connectivity index (χ2v) is 10.8. The molecule has 0 bridgehead atoms. The van der Waals surface area contributed by atoms with Gasteiger partial charge in [0, 0.05) is 35.3 Å². The minimum atomic E-state index is -3.82. The van der Waals surface area contributed by atoms with E-state index in [1.165, 1.54) is 6.20 Å². The van der Waals surface area contributed by atoms with Gasteiger partial charge in [0.2, 0.25) is 10.0 Å². The molecule has 2 heterocycles. The van der Waals surface area contributed by atoms with Crippen molar-refractivity contribution in [1.82, 2.24) is 14.7 Å². The molecule has 0 saturated carbocycles. The van der Waals surface area contributed by atoms with Crippen molar-refractivity contribution in [2.45, 2.75) is 30.8 Å². The first-order valence-electron chi connectivity index (χ1n) is 10.6. The predicted octanol–water partition coefficient (Wildman–Crippen LogP) is 3.57. The molecule has 4 rings (SSSR count). The van der Waals surface area contributed by atoms with Crippen LogP contribution in [0.2, 0.25) is 0 Å². The number of H-pyrrole nitrogens is 1. The topological polar surface area (TPSA) is 135 Å². The molecule has 12 heteroatoms. The molecule has 35 heavy (non-hydrogen) atoms.